The highest BCUT2D eigenvalue weighted by Crippen LogP contribution is 2.27. The van der Waals surface area contributed by atoms with Gasteiger partial charge in [0.25, 0.3) is 0 Å². The lowest BCUT2D eigenvalue weighted by atomic mass is 10.2. The van der Waals surface area contributed by atoms with Crippen molar-refractivity contribution in [2.45, 2.75) is 45.8 Å². The quantitative estimate of drug-likeness (QED) is 0.799. The van der Waals surface area contributed by atoms with Crippen molar-refractivity contribution in [2.24, 2.45) is 0 Å². The van der Waals surface area contributed by atoms with Crippen LogP contribution in [0.3, 0.4) is 0 Å². The Kier molecular flexibility index (Phi) is 6.87. The molecule has 1 atom stereocenters. The summed E-state index contributed by atoms with van der Waals surface area (Å²) in [6.45, 7) is 9.15. The van der Waals surface area contributed by atoms with E-state index in [-0.39, 0.29) is 12.0 Å². The minimum atomic E-state index is -4.44. The third-order valence-corrected chi connectivity index (χ3v) is 3.33. The van der Waals surface area contributed by atoms with Gasteiger partial charge in [0.1, 0.15) is 5.69 Å². The second kappa shape index (κ2) is 8.17. The van der Waals surface area contributed by atoms with E-state index < -0.39 is 11.9 Å². The maximum Gasteiger partial charge on any atom is 0.433 e. The van der Waals surface area contributed by atoms with Gasteiger partial charge in [-0.05, 0) is 45.5 Å². The number of alkyl halides is 3. The molecule has 4 nitrogen and oxygen atoms in total. The van der Waals surface area contributed by atoms with E-state index in [4.69, 9.17) is 0 Å². The highest BCUT2D eigenvalue weighted by molar-refractivity contribution is 5.27. The molecule has 0 amide bonds. The van der Waals surface area contributed by atoms with Crippen molar-refractivity contribution in [1.82, 2.24) is 14.9 Å². The Morgan fingerprint density at radius 2 is 1.95 bits per heavy atom. The van der Waals surface area contributed by atoms with E-state index in [2.05, 4.69) is 34.0 Å². The number of halogens is 3. The molecule has 1 rings (SSSR count). The Hall–Kier alpha value is -1.37. The van der Waals surface area contributed by atoms with E-state index in [0.717, 1.165) is 44.7 Å². The first kappa shape index (κ1) is 17.7. The molecule has 7 heteroatoms. The van der Waals surface area contributed by atoms with Crippen LogP contribution in [0.15, 0.2) is 12.3 Å². The molecule has 1 aromatic rings. The average Bonchev–Trinajstić information content (AvgIpc) is 2.43. The molecule has 0 saturated carbocycles. The lowest BCUT2D eigenvalue weighted by Crippen LogP contribution is -2.26. The van der Waals surface area contributed by atoms with Crippen molar-refractivity contribution in [3.8, 4) is 0 Å². The molecule has 0 fully saturated rings. The second-order valence-electron chi connectivity index (χ2n) is 4.98. The predicted molar refractivity (Wildman–Crippen MR) is 77.1 cm³/mol. The number of aromatic nitrogens is 2. The molecule has 1 unspecified atom stereocenters. The summed E-state index contributed by atoms with van der Waals surface area (Å²) in [6.07, 6.45) is -1.48. The Morgan fingerprint density at radius 3 is 2.52 bits per heavy atom. The first-order valence-electron chi connectivity index (χ1n) is 7.26. The Balaban J connectivity index is 2.46. The molecule has 0 radical (unpaired) electrons. The molecule has 1 aromatic heterocycles. The van der Waals surface area contributed by atoms with Gasteiger partial charge in [-0.15, -0.1) is 0 Å². The summed E-state index contributed by atoms with van der Waals surface area (Å²) in [5.41, 5.74) is -0.921. The van der Waals surface area contributed by atoms with Gasteiger partial charge >= 0.3 is 6.18 Å². The van der Waals surface area contributed by atoms with Crippen molar-refractivity contribution in [1.29, 1.82) is 0 Å². The molecule has 0 spiro atoms. The molecule has 21 heavy (non-hydrogen) atoms. The molecule has 0 saturated heterocycles. The molecule has 0 aliphatic rings. The van der Waals surface area contributed by atoms with Crippen LogP contribution >= 0.6 is 0 Å². The van der Waals surface area contributed by atoms with Gasteiger partial charge in [0, 0.05) is 12.2 Å². The highest BCUT2D eigenvalue weighted by atomic mass is 19.4. The number of rotatable bonds is 8. The van der Waals surface area contributed by atoms with Crippen LogP contribution in [0.5, 0.6) is 0 Å². The van der Waals surface area contributed by atoms with E-state index in [0.29, 0.717) is 0 Å². The minimum Gasteiger partial charge on any atom is -0.352 e. The summed E-state index contributed by atoms with van der Waals surface area (Å²) in [7, 11) is 0. The van der Waals surface area contributed by atoms with E-state index in [1.54, 1.807) is 0 Å². The van der Waals surface area contributed by atoms with Gasteiger partial charge in [-0.1, -0.05) is 13.8 Å². The fourth-order valence-electron chi connectivity index (χ4n) is 2.04. The van der Waals surface area contributed by atoms with Crippen LogP contribution in [0.25, 0.3) is 0 Å². The normalized spacial score (nSPS) is 13.5. The van der Waals surface area contributed by atoms with Crippen LogP contribution in [0, 0.1) is 0 Å². The lowest BCUT2D eigenvalue weighted by Gasteiger charge is -2.19. The zero-order valence-electron chi connectivity index (χ0n) is 12.7. The SMILES string of the molecule is CCN(CC)CCCC(C)Nc1nccc(C(F)(F)F)n1. The summed E-state index contributed by atoms with van der Waals surface area (Å²) >= 11 is 0. The monoisotopic (exact) mass is 304 g/mol. The number of nitrogens with one attached hydrogen (secondary N) is 1. The summed E-state index contributed by atoms with van der Waals surface area (Å²) < 4.78 is 37.7. The summed E-state index contributed by atoms with van der Waals surface area (Å²) in [5.74, 6) is 0.0279. The van der Waals surface area contributed by atoms with Crippen molar-refractivity contribution < 1.29 is 13.2 Å². The molecular weight excluding hydrogens is 281 g/mol. The van der Waals surface area contributed by atoms with Crippen molar-refractivity contribution in [3.63, 3.8) is 0 Å². The number of anilines is 1. The van der Waals surface area contributed by atoms with Crippen LogP contribution in [0.1, 0.15) is 39.3 Å². The zero-order chi connectivity index (χ0) is 15.9. The first-order chi connectivity index (χ1) is 9.86. The van der Waals surface area contributed by atoms with Gasteiger partial charge in [0.2, 0.25) is 5.95 Å². The molecule has 1 heterocycles. The Labute approximate surface area is 123 Å². The predicted octanol–water partition coefficient (Wildman–Crippen LogP) is 3.42. The molecule has 0 aliphatic carbocycles. The van der Waals surface area contributed by atoms with Gasteiger partial charge in [-0.3, -0.25) is 0 Å². The summed E-state index contributed by atoms with van der Waals surface area (Å²) in [5, 5.41) is 2.92. The Morgan fingerprint density at radius 1 is 1.29 bits per heavy atom. The standard InChI is InChI=1S/C14H23F3N4/c1-4-21(5-2)10-6-7-11(3)19-13-18-9-8-12(20-13)14(15,16)17/h8-9,11H,4-7,10H2,1-3H3,(H,18,19,20). The fraction of sp³-hybridized carbons (Fsp3) is 0.714. The largest absolute Gasteiger partial charge is 0.433 e. The second-order valence-corrected chi connectivity index (χ2v) is 4.98. The van der Waals surface area contributed by atoms with Crippen molar-refractivity contribution in [3.05, 3.63) is 18.0 Å². The maximum absolute atomic E-state index is 12.6. The molecule has 1 N–H and O–H groups in total. The van der Waals surface area contributed by atoms with Crippen LogP contribution in [-0.2, 0) is 6.18 Å². The van der Waals surface area contributed by atoms with Crippen molar-refractivity contribution in [2.75, 3.05) is 25.0 Å². The maximum atomic E-state index is 12.6. The van der Waals surface area contributed by atoms with Gasteiger partial charge < -0.3 is 10.2 Å². The number of hydrogen-bond donors (Lipinski definition) is 1. The first-order valence-corrected chi connectivity index (χ1v) is 7.26. The molecule has 120 valence electrons. The van der Waals surface area contributed by atoms with E-state index in [1.165, 1.54) is 0 Å². The van der Waals surface area contributed by atoms with Gasteiger partial charge in [-0.2, -0.15) is 13.2 Å². The van der Waals surface area contributed by atoms with E-state index in [9.17, 15) is 13.2 Å². The lowest BCUT2D eigenvalue weighted by molar-refractivity contribution is -0.141. The summed E-state index contributed by atoms with van der Waals surface area (Å²) in [6, 6.07) is 0.903. The topological polar surface area (TPSA) is 41.0 Å². The fourth-order valence-corrected chi connectivity index (χ4v) is 2.04. The molecule has 0 aliphatic heterocycles. The van der Waals surface area contributed by atoms with Gasteiger partial charge in [0.05, 0.1) is 0 Å². The molecular formula is C14H23F3N4. The van der Waals surface area contributed by atoms with Gasteiger partial charge in [0.15, 0.2) is 0 Å². The van der Waals surface area contributed by atoms with Crippen molar-refractivity contribution >= 4 is 5.95 Å². The van der Waals surface area contributed by atoms with Crippen LogP contribution in [0.2, 0.25) is 0 Å². The minimum absolute atomic E-state index is 0.0279. The molecule has 0 bridgehead atoms. The highest BCUT2D eigenvalue weighted by Gasteiger charge is 2.32. The number of hydrogen-bond acceptors (Lipinski definition) is 4. The Bertz CT molecular complexity index is 419. The van der Waals surface area contributed by atoms with E-state index in [1.807, 2.05) is 6.92 Å². The number of nitrogens with zero attached hydrogens (tertiary/aromatic N) is 3. The third kappa shape index (κ3) is 6.29. The van der Waals surface area contributed by atoms with Gasteiger partial charge in [-0.25, -0.2) is 9.97 Å². The molecule has 0 aromatic carbocycles. The smallest absolute Gasteiger partial charge is 0.352 e. The van der Waals surface area contributed by atoms with Crippen LogP contribution in [0.4, 0.5) is 19.1 Å². The average molecular weight is 304 g/mol. The van der Waals surface area contributed by atoms with Crippen LogP contribution in [-0.4, -0.2) is 40.5 Å². The van der Waals surface area contributed by atoms with Crippen LogP contribution < -0.4 is 5.32 Å². The third-order valence-electron chi connectivity index (χ3n) is 3.33. The summed E-state index contributed by atoms with van der Waals surface area (Å²) in [4.78, 5) is 9.65. The zero-order valence-corrected chi connectivity index (χ0v) is 12.7. The van der Waals surface area contributed by atoms with E-state index >= 15 is 0 Å².